The monoisotopic (exact) mass is 466 g/mol. The molecule has 0 bridgehead atoms. The number of esters is 3. The number of nitrogens with one attached hydrogen (secondary N) is 2. The van der Waals surface area contributed by atoms with Gasteiger partial charge in [0.1, 0.15) is 18.7 Å². The molecule has 0 aliphatic carbocycles. The number of methoxy groups -OCH3 is 3. The number of benzene rings is 1. The highest BCUT2D eigenvalue weighted by Gasteiger charge is 2.40. The largest absolute Gasteiger partial charge is 0.469 e. The summed E-state index contributed by atoms with van der Waals surface area (Å²) in [5.74, 6) is -5.29. The zero-order valence-electron chi connectivity index (χ0n) is 19.3. The summed E-state index contributed by atoms with van der Waals surface area (Å²) in [5.41, 5.74) is 0.757. The van der Waals surface area contributed by atoms with Crippen LogP contribution in [0.3, 0.4) is 0 Å². The molecular formula is C22H30N2O9. The zero-order valence-corrected chi connectivity index (χ0v) is 19.3. The summed E-state index contributed by atoms with van der Waals surface area (Å²) in [5, 5.41) is 4.83. The van der Waals surface area contributed by atoms with Crippen molar-refractivity contribution in [3.05, 3.63) is 35.9 Å². The Hall–Kier alpha value is -3.63. The molecule has 1 aromatic rings. The number of rotatable bonds is 11. The number of ether oxygens (including phenoxy) is 4. The summed E-state index contributed by atoms with van der Waals surface area (Å²) in [6, 6.07) is 6.28. The molecule has 33 heavy (non-hydrogen) atoms. The predicted octanol–water partition coefficient (Wildman–Crippen LogP) is 0.948. The maximum absolute atomic E-state index is 12.9. The summed E-state index contributed by atoms with van der Waals surface area (Å²) in [6.07, 6.45) is -1.39. The van der Waals surface area contributed by atoms with E-state index in [1.807, 2.05) is 6.07 Å². The van der Waals surface area contributed by atoms with Gasteiger partial charge in [0.05, 0.1) is 33.7 Å². The molecule has 2 amide bonds. The first kappa shape index (κ1) is 27.4. The average Bonchev–Trinajstić information content (AvgIpc) is 2.82. The van der Waals surface area contributed by atoms with Crippen LogP contribution in [0.2, 0.25) is 0 Å². The Kier molecular flexibility index (Phi) is 11.4. The molecule has 11 nitrogen and oxygen atoms in total. The minimum atomic E-state index is -1.56. The maximum Gasteiger partial charge on any atom is 0.408 e. The highest BCUT2D eigenvalue weighted by Crippen LogP contribution is 2.15. The fourth-order valence-electron chi connectivity index (χ4n) is 2.87. The van der Waals surface area contributed by atoms with Gasteiger partial charge in [-0.2, -0.15) is 0 Å². The fraction of sp³-hybridized carbons (Fsp3) is 0.500. The first-order valence-electron chi connectivity index (χ1n) is 10.1. The lowest BCUT2D eigenvalue weighted by atomic mass is 9.94. The van der Waals surface area contributed by atoms with Crippen LogP contribution in [0.4, 0.5) is 4.79 Å². The molecule has 3 atom stereocenters. The van der Waals surface area contributed by atoms with Gasteiger partial charge in [0.25, 0.3) is 0 Å². The van der Waals surface area contributed by atoms with Gasteiger partial charge in [0, 0.05) is 0 Å². The van der Waals surface area contributed by atoms with E-state index in [1.165, 1.54) is 0 Å². The fourth-order valence-corrected chi connectivity index (χ4v) is 2.87. The number of amides is 2. The van der Waals surface area contributed by atoms with Gasteiger partial charge in [-0.25, -0.2) is 9.59 Å². The molecule has 0 spiro atoms. The van der Waals surface area contributed by atoms with Gasteiger partial charge in [0.2, 0.25) is 5.91 Å². The van der Waals surface area contributed by atoms with Gasteiger partial charge in [-0.1, -0.05) is 44.2 Å². The number of hydrogen-bond donors (Lipinski definition) is 2. The van der Waals surface area contributed by atoms with E-state index in [1.54, 1.807) is 38.1 Å². The minimum Gasteiger partial charge on any atom is -0.469 e. The van der Waals surface area contributed by atoms with Crippen molar-refractivity contribution in [2.45, 2.75) is 39.0 Å². The molecule has 0 fully saturated rings. The second kappa shape index (κ2) is 13.7. The SMILES string of the molecule is COC(=O)C[C@@H](C(=O)OC)[C@@H](NC(=O)[C@H](NC(=O)OCc1ccccc1)C(C)C)C(=O)OC. The quantitative estimate of drug-likeness (QED) is 0.359. The summed E-state index contributed by atoms with van der Waals surface area (Å²) in [7, 11) is 3.25. The van der Waals surface area contributed by atoms with E-state index in [0.717, 1.165) is 26.9 Å². The van der Waals surface area contributed by atoms with Crippen LogP contribution in [0.5, 0.6) is 0 Å². The predicted molar refractivity (Wildman–Crippen MR) is 114 cm³/mol. The standard InChI is InChI=1S/C22H30N2O9/c1-13(2)17(24-22(29)33-12-14-9-7-6-8-10-14)19(26)23-18(21(28)32-5)15(20(27)31-4)11-16(25)30-3/h6-10,13,15,17-18H,11-12H2,1-5H3,(H,23,26)(H,24,29)/t15-,17-,18-/m1/s1. The van der Waals surface area contributed by atoms with Crippen molar-refractivity contribution >= 4 is 29.9 Å². The van der Waals surface area contributed by atoms with Crippen molar-refractivity contribution < 1.29 is 42.9 Å². The van der Waals surface area contributed by atoms with Crippen molar-refractivity contribution in [2.75, 3.05) is 21.3 Å². The smallest absolute Gasteiger partial charge is 0.408 e. The molecule has 1 aromatic carbocycles. The van der Waals surface area contributed by atoms with E-state index in [0.29, 0.717) is 0 Å². The second-order valence-corrected chi connectivity index (χ2v) is 7.35. The summed E-state index contributed by atoms with van der Waals surface area (Å²) < 4.78 is 19.1. The Labute approximate surface area is 192 Å². The highest BCUT2D eigenvalue weighted by molar-refractivity contribution is 5.93. The van der Waals surface area contributed by atoms with Crippen molar-refractivity contribution in [1.29, 1.82) is 0 Å². The number of carbonyl (C=O) groups excluding carboxylic acids is 5. The van der Waals surface area contributed by atoms with Gasteiger partial charge in [-0.15, -0.1) is 0 Å². The molecule has 0 saturated heterocycles. The average molecular weight is 466 g/mol. The molecule has 2 N–H and O–H groups in total. The van der Waals surface area contributed by atoms with Gasteiger partial charge in [-0.05, 0) is 11.5 Å². The van der Waals surface area contributed by atoms with Crippen LogP contribution in [0.1, 0.15) is 25.8 Å². The number of alkyl carbamates (subject to hydrolysis) is 1. The van der Waals surface area contributed by atoms with Gasteiger partial charge in [0.15, 0.2) is 0 Å². The first-order chi connectivity index (χ1) is 15.6. The van der Waals surface area contributed by atoms with Crippen LogP contribution in [0.25, 0.3) is 0 Å². The van der Waals surface area contributed by atoms with Crippen LogP contribution in [-0.2, 0) is 44.7 Å². The van der Waals surface area contributed by atoms with Gasteiger partial charge < -0.3 is 29.6 Å². The van der Waals surface area contributed by atoms with Gasteiger partial charge >= 0.3 is 24.0 Å². The van der Waals surface area contributed by atoms with Crippen molar-refractivity contribution in [3.63, 3.8) is 0 Å². The van der Waals surface area contributed by atoms with E-state index in [9.17, 15) is 24.0 Å². The van der Waals surface area contributed by atoms with Crippen LogP contribution >= 0.6 is 0 Å². The van der Waals surface area contributed by atoms with Crippen LogP contribution in [0, 0.1) is 11.8 Å². The third-order valence-corrected chi connectivity index (χ3v) is 4.71. The van der Waals surface area contributed by atoms with Crippen molar-refractivity contribution in [3.8, 4) is 0 Å². The van der Waals surface area contributed by atoms with E-state index >= 15 is 0 Å². The van der Waals surface area contributed by atoms with E-state index in [4.69, 9.17) is 4.74 Å². The van der Waals surface area contributed by atoms with E-state index < -0.39 is 60.2 Å². The van der Waals surface area contributed by atoms with Crippen LogP contribution < -0.4 is 10.6 Å². The van der Waals surface area contributed by atoms with E-state index in [2.05, 4.69) is 24.8 Å². The van der Waals surface area contributed by atoms with Crippen molar-refractivity contribution in [1.82, 2.24) is 10.6 Å². The zero-order chi connectivity index (χ0) is 25.0. The highest BCUT2D eigenvalue weighted by atomic mass is 16.6. The lowest BCUT2D eigenvalue weighted by molar-refractivity contribution is -0.159. The minimum absolute atomic E-state index is 0.00651. The molecule has 0 aliphatic rings. The molecule has 0 aromatic heterocycles. The third kappa shape index (κ3) is 8.79. The second-order valence-electron chi connectivity index (χ2n) is 7.35. The first-order valence-corrected chi connectivity index (χ1v) is 10.1. The van der Waals surface area contributed by atoms with E-state index in [-0.39, 0.29) is 6.61 Å². The molecule has 182 valence electrons. The van der Waals surface area contributed by atoms with Gasteiger partial charge in [-0.3, -0.25) is 14.4 Å². The molecule has 0 aliphatic heterocycles. The summed E-state index contributed by atoms with van der Waals surface area (Å²) in [4.78, 5) is 61.5. The molecule has 11 heteroatoms. The van der Waals surface area contributed by atoms with Crippen LogP contribution in [-0.4, -0.2) is 63.3 Å². The summed E-state index contributed by atoms with van der Waals surface area (Å²) >= 11 is 0. The number of hydrogen-bond acceptors (Lipinski definition) is 9. The maximum atomic E-state index is 12.9. The number of carbonyl (C=O) groups is 5. The molecular weight excluding hydrogens is 436 g/mol. The molecule has 0 saturated carbocycles. The molecule has 0 unspecified atom stereocenters. The summed E-state index contributed by atoms with van der Waals surface area (Å²) in [6.45, 7) is 3.33. The Morgan fingerprint density at radius 1 is 0.818 bits per heavy atom. The topological polar surface area (TPSA) is 146 Å². The Bertz CT molecular complexity index is 826. The van der Waals surface area contributed by atoms with Crippen LogP contribution in [0.15, 0.2) is 30.3 Å². The molecule has 1 rings (SSSR count). The molecule has 0 radical (unpaired) electrons. The Morgan fingerprint density at radius 3 is 1.94 bits per heavy atom. The normalized spacial score (nSPS) is 13.2. The van der Waals surface area contributed by atoms with Crippen molar-refractivity contribution in [2.24, 2.45) is 11.8 Å². The molecule has 0 heterocycles. The Balaban J connectivity index is 2.97. The lowest BCUT2D eigenvalue weighted by Crippen LogP contribution is -2.57. The Morgan fingerprint density at radius 2 is 1.42 bits per heavy atom. The third-order valence-electron chi connectivity index (χ3n) is 4.71. The lowest BCUT2D eigenvalue weighted by Gasteiger charge is -2.27.